The maximum atomic E-state index is 5.91. The fraction of sp³-hybridized carbons (Fsp3) is 0.400. The molecule has 0 bridgehead atoms. The van der Waals surface area contributed by atoms with E-state index in [1.54, 1.807) is 0 Å². The SMILES string of the molecule is Clc1cccc(OCCc2cc([C@@H]3CCNC3)n[nH]2)c1. The second-order valence-electron chi connectivity index (χ2n) is 5.06. The minimum atomic E-state index is 0.550. The van der Waals surface area contributed by atoms with Gasteiger partial charge in [-0.25, -0.2) is 0 Å². The van der Waals surface area contributed by atoms with Gasteiger partial charge in [0.2, 0.25) is 0 Å². The normalized spacial score (nSPS) is 18.4. The van der Waals surface area contributed by atoms with Crippen LogP contribution in [-0.2, 0) is 6.42 Å². The van der Waals surface area contributed by atoms with E-state index in [0.29, 0.717) is 17.5 Å². The Balaban J connectivity index is 1.51. The Morgan fingerprint density at radius 2 is 2.30 bits per heavy atom. The van der Waals surface area contributed by atoms with Crippen molar-refractivity contribution in [2.45, 2.75) is 18.8 Å². The summed E-state index contributed by atoms with van der Waals surface area (Å²) in [6, 6.07) is 9.61. The number of aromatic amines is 1. The lowest BCUT2D eigenvalue weighted by Gasteiger charge is -2.05. The second-order valence-corrected chi connectivity index (χ2v) is 5.50. The smallest absolute Gasteiger partial charge is 0.120 e. The summed E-state index contributed by atoms with van der Waals surface area (Å²) in [5.41, 5.74) is 2.28. The topological polar surface area (TPSA) is 49.9 Å². The van der Waals surface area contributed by atoms with Gasteiger partial charge in [-0.3, -0.25) is 5.10 Å². The number of aromatic nitrogens is 2. The summed E-state index contributed by atoms with van der Waals surface area (Å²) in [6.07, 6.45) is 1.99. The number of H-pyrrole nitrogens is 1. The van der Waals surface area contributed by atoms with Crippen molar-refractivity contribution >= 4 is 11.6 Å². The molecule has 0 radical (unpaired) electrons. The Hall–Kier alpha value is -1.52. The lowest BCUT2D eigenvalue weighted by atomic mass is 10.0. The number of nitrogens with zero attached hydrogens (tertiary/aromatic N) is 1. The minimum absolute atomic E-state index is 0.550. The van der Waals surface area contributed by atoms with Crippen molar-refractivity contribution in [2.24, 2.45) is 0 Å². The molecule has 106 valence electrons. The summed E-state index contributed by atoms with van der Waals surface area (Å²) in [7, 11) is 0. The van der Waals surface area contributed by atoms with Crippen LogP contribution in [0.1, 0.15) is 23.7 Å². The van der Waals surface area contributed by atoms with Crippen LogP contribution in [-0.4, -0.2) is 29.9 Å². The fourth-order valence-corrected chi connectivity index (χ4v) is 2.64. The lowest BCUT2D eigenvalue weighted by molar-refractivity contribution is 0.320. The van der Waals surface area contributed by atoms with Crippen molar-refractivity contribution in [3.05, 3.63) is 46.7 Å². The number of ether oxygens (including phenoxy) is 1. The summed E-state index contributed by atoms with van der Waals surface area (Å²) in [5.74, 6) is 1.35. The molecule has 0 unspecified atom stereocenters. The summed E-state index contributed by atoms with van der Waals surface area (Å²) in [4.78, 5) is 0. The molecule has 5 heteroatoms. The summed E-state index contributed by atoms with van der Waals surface area (Å²) in [5, 5.41) is 11.5. The standard InChI is InChI=1S/C15H18ClN3O/c16-12-2-1-3-14(8-12)20-7-5-13-9-15(19-18-13)11-4-6-17-10-11/h1-3,8-9,11,17H,4-7,10H2,(H,18,19)/t11-/m1/s1. The van der Waals surface area contributed by atoms with Crippen molar-refractivity contribution in [2.75, 3.05) is 19.7 Å². The molecule has 2 heterocycles. The van der Waals surface area contributed by atoms with E-state index < -0.39 is 0 Å². The molecule has 1 fully saturated rings. The number of rotatable bonds is 5. The number of halogens is 1. The first kappa shape index (κ1) is 13.5. The van der Waals surface area contributed by atoms with E-state index in [4.69, 9.17) is 16.3 Å². The highest BCUT2D eigenvalue weighted by atomic mass is 35.5. The van der Waals surface area contributed by atoms with Crippen LogP contribution in [0.3, 0.4) is 0 Å². The number of hydrogen-bond donors (Lipinski definition) is 2. The molecular weight excluding hydrogens is 274 g/mol. The van der Waals surface area contributed by atoms with E-state index >= 15 is 0 Å². The highest BCUT2D eigenvalue weighted by Crippen LogP contribution is 2.21. The van der Waals surface area contributed by atoms with Gasteiger partial charge in [-0.1, -0.05) is 17.7 Å². The molecule has 1 aliphatic rings. The largest absolute Gasteiger partial charge is 0.493 e. The fourth-order valence-electron chi connectivity index (χ4n) is 2.46. The first-order valence-corrected chi connectivity index (χ1v) is 7.32. The van der Waals surface area contributed by atoms with Gasteiger partial charge in [0.15, 0.2) is 0 Å². The Labute approximate surface area is 123 Å². The third-order valence-corrected chi connectivity index (χ3v) is 3.80. The van der Waals surface area contributed by atoms with Crippen LogP contribution >= 0.6 is 11.6 Å². The van der Waals surface area contributed by atoms with E-state index in [0.717, 1.165) is 36.6 Å². The van der Waals surface area contributed by atoms with Crippen molar-refractivity contribution in [3.8, 4) is 5.75 Å². The predicted molar refractivity (Wildman–Crippen MR) is 79.5 cm³/mol. The summed E-state index contributed by atoms with van der Waals surface area (Å²) >= 11 is 5.91. The molecule has 0 amide bonds. The van der Waals surface area contributed by atoms with Gasteiger partial charge in [-0.2, -0.15) is 5.10 Å². The average Bonchev–Trinajstić information content (AvgIpc) is 3.09. The zero-order valence-electron chi connectivity index (χ0n) is 11.2. The second kappa shape index (κ2) is 6.29. The Kier molecular flexibility index (Phi) is 4.23. The van der Waals surface area contributed by atoms with E-state index in [2.05, 4.69) is 21.6 Å². The highest BCUT2D eigenvalue weighted by molar-refractivity contribution is 6.30. The van der Waals surface area contributed by atoms with Crippen molar-refractivity contribution in [1.29, 1.82) is 0 Å². The quantitative estimate of drug-likeness (QED) is 0.890. The summed E-state index contributed by atoms with van der Waals surface area (Å²) < 4.78 is 5.68. The summed E-state index contributed by atoms with van der Waals surface area (Å²) in [6.45, 7) is 2.74. The first-order chi connectivity index (χ1) is 9.81. The molecule has 20 heavy (non-hydrogen) atoms. The van der Waals surface area contributed by atoms with Gasteiger partial charge in [-0.05, 0) is 37.2 Å². The van der Waals surface area contributed by atoms with E-state index in [9.17, 15) is 0 Å². The van der Waals surface area contributed by atoms with Crippen molar-refractivity contribution in [3.63, 3.8) is 0 Å². The Morgan fingerprint density at radius 3 is 3.10 bits per heavy atom. The van der Waals surface area contributed by atoms with Gasteiger partial charge in [0.05, 0.1) is 12.3 Å². The number of benzene rings is 1. The molecule has 1 saturated heterocycles. The Bertz CT molecular complexity index is 564. The first-order valence-electron chi connectivity index (χ1n) is 6.94. The Morgan fingerprint density at radius 1 is 1.35 bits per heavy atom. The highest BCUT2D eigenvalue weighted by Gasteiger charge is 2.19. The number of hydrogen-bond acceptors (Lipinski definition) is 3. The molecule has 0 spiro atoms. The van der Waals surface area contributed by atoms with Crippen molar-refractivity contribution in [1.82, 2.24) is 15.5 Å². The van der Waals surface area contributed by atoms with Crippen LogP contribution < -0.4 is 10.1 Å². The molecule has 1 atom stereocenters. The maximum absolute atomic E-state index is 5.91. The minimum Gasteiger partial charge on any atom is -0.493 e. The molecule has 0 aliphatic carbocycles. The van der Waals surface area contributed by atoms with Gasteiger partial charge >= 0.3 is 0 Å². The predicted octanol–water partition coefficient (Wildman–Crippen LogP) is 2.76. The van der Waals surface area contributed by atoms with Crippen LogP contribution in [0.4, 0.5) is 0 Å². The number of nitrogens with one attached hydrogen (secondary N) is 2. The molecule has 1 aliphatic heterocycles. The van der Waals surface area contributed by atoms with E-state index in [1.807, 2.05) is 24.3 Å². The van der Waals surface area contributed by atoms with Crippen LogP contribution in [0.2, 0.25) is 5.02 Å². The molecule has 2 N–H and O–H groups in total. The molecule has 1 aromatic heterocycles. The third kappa shape index (κ3) is 3.32. The van der Waals surface area contributed by atoms with Crippen LogP contribution in [0.15, 0.2) is 30.3 Å². The van der Waals surface area contributed by atoms with Crippen LogP contribution in [0.5, 0.6) is 5.75 Å². The van der Waals surface area contributed by atoms with E-state index in [-0.39, 0.29) is 0 Å². The zero-order chi connectivity index (χ0) is 13.8. The monoisotopic (exact) mass is 291 g/mol. The lowest BCUT2D eigenvalue weighted by Crippen LogP contribution is -2.08. The third-order valence-electron chi connectivity index (χ3n) is 3.57. The van der Waals surface area contributed by atoms with Gasteiger partial charge < -0.3 is 10.1 Å². The zero-order valence-corrected chi connectivity index (χ0v) is 12.0. The van der Waals surface area contributed by atoms with Gasteiger partial charge in [0, 0.05) is 29.6 Å². The van der Waals surface area contributed by atoms with Crippen LogP contribution in [0.25, 0.3) is 0 Å². The molecule has 4 nitrogen and oxygen atoms in total. The van der Waals surface area contributed by atoms with Gasteiger partial charge in [-0.15, -0.1) is 0 Å². The molecule has 2 aromatic rings. The average molecular weight is 292 g/mol. The molecule has 3 rings (SSSR count). The maximum Gasteiger partial charge on any atom is 0.120 e. The van der Waals surface area contributed by atoms with Crippen LogP contribution in [0, 0.1) is 0 Å². The van der Waals surface area contributed by atoms with E-state index in [1.165, 1.54) is 6.42 Å². The van der Waals surface area contributed by atoms with Gasteiger partial charge in [0.25, 0.3) is 0 Å². The molecule has 1 aromatic carbocycles. The molecular formula is C15H18ClN3O. The van der Waals surface area contributed by atoms with Gasteiger partial charge in [0.1, 0.15) is 5.75 Å². The molecule has 0 saturated carbocycles. The van der Waals surface area contributed by atoms with Crippen molar-refractivity contribution < 1.29 is 4.74 Å².